The highest BCUT2D eigenvalue weighted by molar-refractivity contribution is 7.60. The zero-order valence-corrected chi connectivity index (χ0v) is 12.2. The Bertz CT molecular complexity index is 228. The van der Waals surface area contributed by atoms with Crippen molar-refractivity contribution in [1.29, 1.82) is 0 Å². The Kier molecular flexibility index (Phi) is 6.17. The monoisotopic (exact) mass is 276 g/mol. The van der Waals surface area contributed by atoms with Gasteiger partial charge in [0, 0.05) is 0 Å². The summed E-state index contributed by atoms with van der Waals surface area (Å²) in [6.07, 6.45) is -0.205. The minimum absolute atomic E-state index is 0.252. The molecule has 0 aliphatic heterocycles. The molecule has 0 fully saturated rings. The van der Waals surface area contributed by atoms with Crippen LogP contribution in [0.2, 0.25) is 0 Å². The maximum Gasteiger partial charge on any atom is 0.366 e. The Morgan fingerprint density at radius 1 is 1.13 bits per heavy atom. The molecule has 0 radical (unpaired) electrons. The van der Waals surface area contributed by atoms with E-state index in [9.17, 15) is 4.57 Å². The lowest BCUT2D eigenvalue weighted by Crippen LogP contribution is -2.21. The van der Waals surface area contributed by atoms with E-state index in [4.69, 9.17) is 32.2 Å². The maximum atomic E-state index is 12.4. The van der Waals surface area contributed by atoms with Crippen LogP contribution in [0.1, 0.15) is 41.0 Å². The maximum absolute atomic E-state index is 12.4. The van der Waals surface area contributed by atoms with Crippen molar-refractivity contribution in [3.63, 3.8) is 0 Å². The smallest absolute Gasteiger partial charge is 0.304 e. The summed E-state index contributed by atoms with van der Waals surface area (Å²) in [7, 11) is -3.50. The normalized spacial score (nSPS) is 13.9. The van der Waals surface area contributed by atoms with Crippen molar-refractivity contribution >= 4 is 30.8 Å². The van der Waals surface area contributed by atoms with Crippen molar-refractivity contribution < 1.29 is 13.6 Å². The van der Waals surface area contributed by atoms with Gasteiger partial charge in [-0.1, -0.05) is 30.1 Å². The molecule has 0 heterocycles. The van der Waals surface area contributed by atoms with Gasteiger partial charge in [-0.3, -0.25) is 4.57 Å². The Hall–Kier alpha value is 0.730. The third-order valence-electron chi connectivity index (χ3n) is 1.53. The van der Waals surface area contributed by atoms with Crippen LogP contribution in [-0.4, -0.2) is 16.3 Å². The van der Waals surface area contributed by atoms with Gasteiger partial charge in [-0.15, -0.1) is 0 Å². The molecule has 92 valence electrons. The second kappa shape index (κ2) is 5.88. The third kappa shape index (κ3) is 4.62. The summed E-state index contributed by atoms with van der Waals surface area (Å²) >= 11 is 11.9. The van der Waals surface area contributed by atoms with Gasteiger partial charge in [0.05, 0.1) is 12.2 Å². The van der Waals surface area contributed by atoms with Crippen LogP contribution < -0.4 is 0 Å². The van der Waals surface area contributed by atoms with Crippen LogP contribution in [0, 0.1) is 0 Å². The number of rotatable bonds is 6. The highest BCUT2D eigenvalue weighted by Crippen LogP contribution is 2.67. The quantitative estimate of drug-likeness (QED) is 0.527. The molecule has 0 aliphatic carbocycles. The van der Waals surface area contributed by atoms with E-state index in [1.54, 1.807) is 34.6 Å². The van der Waals surface area contributed by atoms with Gasteiger partial charge in [-0.25, -0.2) is 0 Å². The first-order chi connectivity index (χ1) is 6.64. The molecule has 0 saturated carbocycles. The van der Waals surface area contributed by atoms with Crippen LogP contribution in [0.4, 0.5) is 0 Å². The first-order valence-corrected chi connectivity index (χ1v) is 7.29. The predicted octanol–water partition coefficient (Wildman–Crippen LogP) is 4.57. The summed E-state index contributed by atoms with van der Waals surface area (Å²) in [6.45, 7) is 8.78. The van der Waals surface area contributed by atoms with E-state index >= 15 is 0 Å². The molecule has 0 aromatic rings. The second-order valence-electron chi connectivity index (χ2n) is 3.83. The summed E-state index contributed by atoms with van der Waals surface area (Å²) in [4.78, 5) is 0. The van der Waals surface area contributed by atoms with Crippen LogP contribution in [0.25, 0.3) is 0 Å². The molecule has 0 atom stereocenters. The van der Waals surface area contributed by atoms with Gasteiger partial charge in [0.2, 0.25) is 4.07 Å². The van der Waals surface area contributed by atoms with Crippen LogP contribution >= 0.6 is 30.8 Å². The molecule has 0 aromatic heterocycles. The standard InChI is InChI=1S/C9H19Cl2O3P/c1-6-9(10,11)15(12,13-7(2)3)14-8(4)5/h7-8H,6H2,1-5H3. The van der Waals surface area contributed by atoms with Crippen LogP contribution in [0.3, 0.4) is 0 Å². The summed E-state index contributed by atoms with van der Waals surface area (Å²) in [5.74, 6) is 0. The fourth-order valence-electron chi connectivity index (χ4n) is 0.928. The van der Waals surface area contributed by atoms with E-state index in [-0.39, 0.29) is 12.2 Å². The number of halogens is 2. The number of hydrogen-bond donors (Lipinski definition) is 0. The minimum Gasteiger partial charge on any atom is -0.304 e. The van der Waals surface area contributed by atoms with E-state index in [1.165, 1.54) is 0 Å². The lowest BCUT2D eigenvalue weighted by molar-refractivity contribution is 0.138. The molecule has 0 amide bonds. The summed E-state index contributed by atoms with van der Waals surface area (Å²) < 4.78 is 21.4. The van der Waals surface area contributed by atoms with E-state index < -0.39 is 11.7 Å². The van der Waals surface area contributed by atoms with Gasteiger partial charge in [-0.05, 0) is 34.1 Å². The van der Waals surface area contributed by atoms with Gasteiger partial charge in [-0.2, -0.15) is 0 Å². The van der Waals surface area contributed by atoms with Crippen molar-refractivity contribution in [3.05, 3.63) is 0 Å². The molecule has 0 unspecified atom stereocenters. The molecule has 0 bridgehead atoms. The Labute approximate surface area is 102 Å². The average Bonchev–Trinajstić information content (AvgIpc) is 2.00. The molecule has 0 N–H and O–H groups in total. The topological polar surface area (TPSA) is 35.5 Å². The van der Waals surface area contributed by atoms with E-state index in [1.807, 2.05) is 0 Å². The van der Waals surface area contributed by atoms with Gasteiger partial charge in [0.25, 0.3) is 0 Å². The summed E-state index contributed by atoms with van der Waals surface area (Å²) in [6, 6.07) is 0. The number of hydrogen-bond acceptors (Lipinski definition) is 3. The van der Waals surface area contributed by atoms with Gasteiger partial charge < -0.3 is 9.05 Å². The van der Waals surface area contributed by atoms with E-state index in [0.717, 1.165) is 0 Å². The SMILES string of the molecule is CCC(Cl)(Cl)P(=O)(OC(C)C)OC(C)C. The highest BCUT2D eigenvalue weighted by atomic mass is 35.5. The first kappa shape index (κ1) is 15.7. The van der Waals surface area contributed by atoms with Crippen LogP contribution in [0.15, 0.2) is 0 Å². The van der Waals surface area contributed by atoms with E-state index in [2.05, 4.69) is 0 Å². The molecule has 0 spiro atoms. The van der Waals surface area contributed by atoms with Crippen molar-refractivity contribution in [1.82, 2.24) is 0 Å². The third-order valence-corrected chi connectivity index (χ3v) is 5.82. The lowest BCUT2D eigenvalue weighted by Gasteiger charge is -2.30. The molecule has 3 nitrogen and oxygen atoms in total. The zero-order chi connectivity index (χ0) is 12.3. The summed E-state index contributed by atoms with van der Waals surface area (Å²) in [5, 5.41) is 0. The Balaban J connectivity index is 4.94. The Morgan fingerprint density at radius 3 is 1.67 bits per heavy atom. The van der Waals surface area contributed by atoms with Gasteiger partial charge in [0.15, 0.2) is 0 Å². The predicted molar refractivity (Wildman–Crippen MR) is 64.8 cm³/mol. The molecule has 0 rings (SSSR count). The van der Waals surface area contributed by atoms with Crippen molar-refractivity contribution in [3.8, 4) is 0 Å². The molecule has 0 saturated heterocycles. The van der Waals surface area contributed by atoms with Crippen LogP contribution in [0.5, 0.6) is 0 Å². The molecular weight excluding hydrogens is 258 g/mol. The van der Waals surface area contributed by atoms with Crippen molar-refractivity contribution in [2.24, 2.45) is 0 Å². The largest absolute Gasteiger partial charge is 0.366 e. The molecule has 0 aliphatic rings. The molecule has 0 aromatic carbocycles. The fraction of sp³-hybridized carbons (Fsp3) is 1.00. The minimum atomic E-state index is -3.50. The average molecular weight is 277 g/mol. The van der Waals surface area contributed by atoms with Gasteiger partial charge in [0.1, 0.15) is 0 Å². The Morgan fingerprint density at radius 2 is 1.47 bits per heavy atom. The first-order valence-electron chi connectivity index (χ1n) is 4.99. The molecule has 6 heteroatoms. The van der Waals surface area contributed by atoms with Crippen LogP contribution in [-0.2, 0) is 13.6 Å². The zero-order valence-electron chi connectivity index (χ0n) is 9.79. The van der Waals surface area contributed by atoms with E-state index in [0.29, 0.717) is 6.42 Å². The van der Waals surface area contributed by atoms with Crippen molar-refractivity contribution in [2.45, 2.75) is 57.3 Å². The lowest BCUT2D eigenvalue weighted by atomic mass is 10.5. The fourth-order valence-corrected chi connectivity index (χ4v) is 3.26. The molecular formula is C9H19Cl2O3P. The highest BCUT2D eigenvalue weighted by Gasteiger charge is 2.48. The molecule has 15 heavy (non-hydrogen) atoms. The van der Waals surface area contributed by atoms with Crippen molar-refractivity contribution in [2.75, 3.05) is 0 Å². The van der Waals surface area contributed by atoms with Gasteiger partial charge >= 0.3 is 7.60 Å². The number of alkyl halides is 2. The second-order valence-corrected chi connectivity index (χ2v) is 8.02. The summed E-state index contributed by atoms with van der Waals surface area (Å²) in [5.41, 5.74) is 0.